The summed E-state index contributed by atoms with van der Waals surface area (Å²) in [6.07, 6.45) is 9.65. The van der Waals surface area contributed by atoms with Crippen molar-refractivity contribution in [1.29, 1.82) is 0 Å². The summed E-state index contributed by atoms with van der Waals surface area (Å²) >= 11 is 0. The highest BCUT2D eigenvalue weighted by Crippen LogP contribution is 2.51. The quantitative estimate of drug-likeness (QED) is 0.702. The molecule has 2 heteroatoms. The lowest BCUT2D eigenvalue weighted by atomic mass is 9.66. The lowest BCUT2D eigenvalue weighted by Gasteiger charge is -2.53. The minimum Gasteiger partial charge on any atom is -0.390 e. The van der Waals surface area contributed by atoms with Crippen LogP contribution in [0.25, 0.3) is 0 Å². The van der Waals surface area contributed by atoms with E-state index in [1.807, 2.05) is 0 Å². The van der Waals surface area contributed by atoms with Gasteiger partial charge < -0.3 is 9.84 Å². The van der Waals surface area contributed by atoms with Gasteiger partial charge in [0.1, 0.15) is 0 Å². The largest absolute Gasteiger partial charge is 0.390 e. The van der Waals surface area contributed by atoms with Crippen LogP contribution in [0.3, 0.4) is 0 Å². The van der Waals surface area contributed by atoms with Crippen LogP contribution in [0.1, 0.15) is 65.2 Å². The Morgan fingerprint density at radius 2 is 1.88 bits per heavy atom. The van der Waals surface area contributed by atoms with Gasteiger partial charge in [-0.25, -0.2) is 0 Å². The third-order valence-electron chi connectivity index (χ3n) is 5.45. The summed E-state index contributed by atoms with van der Waals surface area (Å²) in [5.41, 5.74) is -0.463. The lowest BCUT2D eigenvalue weighted by molar-refractivity contribution is -0.237. The molecule has 4 atom stereocenters. The Kier molecular flexibility index (Phi) is 2.79. The normalized spacial score (nSPS) is 49.2. The molecule has 2 nitrogen and oxygen atoms in total. The molecule has 2 saturated carbocycles. The Balaban J connectivity index is 1.83. The molecule has 98 valence electrons. The predicted molar refractivity (Wildman–Crippen MR) is 67.8 cm³/mol. The van der Waals surface area contributed by atoms with E-state index < -0.39 is 5.60 Å². The van der Waals surface area contributed by atoms with Crippen LogP contribution >= 0.6 is 0 Å². The summed E-state index contributed by atoms with van der Waals surface area (Å²) in [4.78, 5) is 0. The highest BCUT2D eigenvalue weighted by atomic mass is 16.5. The topological polar surface area (TPSA) is 29.5 Å². The van der Waals surface area contributed by atoms with E-state index in [2.05, 4.69) is 13.8 Å². The first-order chi connectivity index (χ1) is 8.01. The summed E-state index contributed by atoms with van der Waals surface area (Å²) in [6.45, 7) is 4.38. The van der Waals surface area contributed by atoms with Gasteiger partial charge in [-0.1, -0.05) is 26.2 Å². The maximum absolute atomic E-state index is 10.8. The summed E-state index contributed by atoms with van der Waals surface area (Å²) in [5, 5.41) is 10.8. The highest BCUT2D eigenvalue weighted by Gasteiger charge is 2.54. The number of hydrogen-bond donors (Lipinski definition) is 1. The Hall–Kier alpha value is -0.0800. The van der Waals surface area contributed by atoms with Crippen molar-refractivity contribution in [2.45, 2.75) is 82.5 Å². The van der Waals surface area contributed by atoms with Crippen molar-refractivity contribution in [1.82, 2.24) is 0 Å². The van der Waals surface area contributed by atoms with E-state index in [0.717, 1.165) is 25.2 Å². The first kappa shape index (κ1) is 12.0. The predicted octanol–water partition coefficient (Wildman–Crippen LogP) is 3.28. The van der Waals surface area contributed by atoms with Crippen LogP contribution in [-0.2, 0) is 4.74 Å². The molecular formula is C15H26O2. The Labute approximate surface area is 105 Å². The molecule has 0 aromatic carbocycles. The second kappa shape index (κ2) is 3.96. The van der Waals surface area contributed by atoms with Crippen molar-refractivity contribution in [3.05, 3.63) is 0 Å². The summed E-state index contributed by atoms with van der Waals surface area (Å²) in [7, 11) is 0. The summed E-state index contributed by atoms with van der Waals surface area (Å²) in [5.74, 6) is 1.15. The maximum Gasteiger partial charge on any atom is 0.0713 e. The van der Waals surface area contributed by atoms with Crippen LogP contribution < -0.4 is 0 Å². The molecule has 3 rings (SSSR count). The van der Waals surface area contributed by atoms with Gasteiger partial charge in [0.05, 0.1) is 17.3 Å². The minimum atomic E-state index is -0.493. The van der Waals surface area contributed by atoms with Gasteiger partial charge in [0.2, 0.25) is 0 Å². The molecule has 1 spiro atoms. The molecule has 1 N–H and O–H groups in total. The Morgan fingerprint density at radius 1 is 1.18 bits per heavy atom. The fourth-order valence-electron chi connectivity index (χ4n) is 4.63. The molecule has 1 saturated heterocycles. The average Bonchev–Trinajstić information content (AvgIpc) is 2.63. The molecule has 0 unspecified atom stereocenters. The fraction of sp³-hybridized carbons (Fsp3) is 1.00. The van der Waals surface area contributed by atoms with E-state index in [4.69, 9.17) is 4.74 Å². The van der Waals surface area contributed by atoms with Crippen molar-refractivity contribution < 1.29 is 9.84 Å². The SMILES string of the molecule is C[C@@H]1CC[C@@H]2[C@@H](C1)OC1(CCCC1)C[C@@]2(C)O. The Morgan fingerprint density at radius 3 is 2.59 bits per heavy atom. The van der Waals surface area contributed by atoms with Crippen LogP contribution in [0.5, 0.6) is 0 Å². The minimum absolute atomic E-state index is 0.0295. The monoisotopic (exact) mass is 238 g/mol. The number of rotatable bonds is 0. The molecule has 0 radical (unpaired) electrons. The molecule has 0 bridgehead atoms. The van der Waals surface area contributed by atoms with Gasteiger partial charge in [-0.15, -0.1) is 0 Å². The standard InChI is InChI=1S/C15H26O2/c1-11-5-6-12-13(9-11)17-15(7-3-4-8-15)10-14(12,2)16/h11-13,16H,3-10H2,1-2H3/t11-,12-,13-,14-/m1/s1. The number of hydrogen-bond acceptors (Lipinski definition) is 2. The Bertz CT molecular complexity index is 291. The van der Waals surface area contributed by atoms with Gasteiger partial charge >= 0.3 is 0 Å². The zero-order chi connectivity index (χ0) is 12.1. The van der Waals surface area contributed by atoms with E-state index in [9.17, 15) is 5.11 Å². The fourth-order valence-corrected chi connectivity index (χ4v) is 4.63. The second-order valence-corrected chi connectivity index (χ2v) is 7.11. The first-order valence-electron chi connectivity index (χ1n) is 7.41. The molecule has 2 aliphatic carbocycles. The van der Waals surface area contributed by atoms with Crippen molar-refractivity contribution in [3.63, 3.8) is 0 Å². The van der Waals surface area contributed by atoms with E-state index in [1.165, 1.54) is 32.1 Å². The maximum atomic E-state index is 10.8. The lowest BCUT2D eigenvalue weighted by Crippen LogP contribution is -2.58. The van der Waals surface area contributed by atoms with Gasteiger partial charge in [-0.3, -0.25) is 0 Å². The van der Waals surface area contributed by atoms with Crippen LogP contribution in [-0.4, -0.2) is 22.4 Å². The van der Waals surface area contributed by atoms with Gasteiger partial charge in [-0.2, -0.15) is 0 Å². The van der Waals surface area contributed by atoms with E-state index >= 15 is 0 Å². The van der Waals surface area contributed by atoms with Crippen LogP contribution in [0.15, 0.2) is 0 Å². The number of aliphatic hydroxyl groups is 1. The molecule has 3 fully saturated rings. The molecule has 17 heavy (non-hydrogen) atoms. The molecule has 1 aliphatic heterocycles. The average molecular weight is 238 g/mol. The molecule has 3 aliphatic rings. The number of ether oxygens (including phenoxy) is 1. The third-order valence-corrected chi connectivity index (χ3v) is 5.45. The van der Waals surface area contributed by atoms with E-state index in [1.54, 1.807) is 0 Å². The third kappa shape index (κ3) is 2.04. The number of fused-ring (bicyclic) bond motifs is 1. The molecular weight excluding hydrogens is 212 g/mol. The van der Waals surface area contributed by atoms with Crippen LogP contribution in [0, 0.1) is 11.8 Å². The molecule has 0 amide bonds. The highest BCUT2D eigenvalue weighted by molar-refractivity contribution is 5.04. The first-order valence-corrected chi connectivity index (χ1v) is 7.41. The van der Waals surface area contributed by atoms with E-state index in [0.29, 0.717) is 12.0 Å². The van der Waals surface area contributed by atoms with Crippen molar-refractivity contribution in [2.24, 2.45) is 11.8 Å². The summed E-state index contributed by atoms with van der Waals surface area (Å²) in [6, 6.07) is 0. The smallest absolute Gasteiger partial charge is 0.0713 e. The summed E-state index contributed by atoms with van der Waals surface area (Å²) < 4.78 is 6.48. The zero-order valence-corrected chi connectivity index (χ0v) is 11.2. The van der Waals surface area contributed by atoms with E-state index in [-0.39, 0.29) is 5.60 Å². The van der Waals surface area contributed by atoms with Crippen molar-refractivity contribution in [3.8, 4) is 0 Å². The zero-order valence-electron chi connectivity index (χ0n) is 11.2. The second-order valence-electron chi connectivity index (χ2n) is 7.11. The molecule has 0 aromatic heterocycles. The van der Waals surface area contributed by atoms with Crippen molar-refractivity contribution >= 4 is 0 Å². The van der Waals surface area contributed by atoms with Crippen molar-refractivity contribution in [2.75, 3.05) is 0 Å². The van der Waals surface area contributed by atoms with Crippen LogP contribution in [0.2, 0.25) is 0 Å². The van der Waals surface area contributed by atoms with Gasteiger partial charge in [0.15, 0.2) is 0 Å². The molecule has 0 aromatic rings. The van der Waals surface area contributed by atoms with Gasteiger partial charge in [0.25, 0.3) is 0 Å². The van der Waals surface area contributed by atoms with Crippen LogP contribution in [0.4, 0.5) is 0 Å². The van der Waals surface area contributed by atoms with Gasteiger partial charge in [0, 0.05) is 12.3 Å². The molecule has 1 heterocycles. The van der Waals surface area contributed by atoms with Gasteiger partial charge in [-0.05, 0) is 38.5 Å².